The number of nitrogens with one attached hydrogen (secondary N) is 1. The predicted octanol–water partition coefficient (Wildman–Crippen LogP) is 2.19. The third-order valence-corrected chi connectivity index (χ3v) is 7.00. The molecule has 39 heavy (non-hydrogen) atoms. The number of terminal acetylenes is 1. The summed E-state index contributed by atoms with van der Waals surface area (Å²) in [5.74, 6) is 0.0718. The Morgan fingerprint density at radius 3 is 2.49 bits per heavy atom. The summed E-state index contributed by atoms with van der Waals surface area (Å²) in [6, 6.07) is 12.8. The van der Waals surface area contributed by atoms with Crippen LogP contribution in [0.3, 0.4) is 0 Å². The van der Waals surface area contributed by atoms with Crippen molar-refractivity contribution in [1.29, 1.82) is 0 Å². The maximum atomic E-state index is 13.7. The van der Waals surface area contributed by atoms with Gasteiger partial charge in [-0.15, -0.1) is 6.42 Å². The van der Waals surface area contributed by atoms with Crippen LogP contribution in [-0.4, -0.2) is 80.6 Å². The molecule has 2 aromatic rings. The van der Waals surface area contributed by atoms with E-state index in [2.05, 4.69) is 11.2 Å². The van der Waals surface area contributed by atoms with E-state index in [4.69, 9.17) is 6.42 Å². The number of urea groups is 1. The number of carboxylic acids is 1. The van der Waals surface area contributed by atoms with E-state index in [1.807, 2.05) is 30.3 Å². The standard InChI is InChI=1S/C28H30FN5O5/c1-3-15-31-18-25(35)33-23(13-14-26(36)37)27(38)32(19(2)21-9-11-22(29)12-10-21)17-24(33)34(31)28(39)30-16-20-7-5-4-6-8-20/h1,4-12,19,23-24H,13-18H2,2H3,(H,30,39)(H,36,37)/t19?,23-,24-/m0/s1. The topological polar surface area (TPSA) is 114 Å². The van der Waals surface area contributed by atoms with Crippen LogP contribution in [0.2, 0.25) is 0 Å². The van der Waals surface area contributed by atoms with Crippen molar-refractivity contribution in [2.75, 3.05) is 19.6 Å². The Hall–Kier alpha value is -4.43. The molecule has 2 saturated heterocycles. The van der Waals surface area contributed by atoms with Crippen LogP contribution in [0.15, 0.2) is 54.6 Å². The van der Waals surface area contributed by atoms with Crippen molar-refractivity contribution < 1.29 is 28.7 Å². The van der Waals surface area contributed by atoms with Gasteiger partial charge in [0.05, 0.1) is 25.7 Å². The fourth-order valence-electron chi connectivity index (χ4n) is 5.06. The number of amides is 4. The van der Waals surface area contributed by atoms with E-state index in [-0.39, 0.29) is 39.0 Å². The van der Waals surface area contributed by atoms with E-state index in [1.54, 1.807) is 19.1 Å². The van der Waals surface area contributed by atoms with Gasteiger partial charge in [0.1, 0.15) is 18.0 Å². The van der Waals surface area contributed by atoms with Crippen molar-refractivity contribution in [3.05, 3.63) is 71.5 Å². The number of benzene rings is 2. The minimum absolute atomic E-state index is 0.0317. The number of hydrogen-bond donors (Lipinski definition) is 2. The molecule has 1 unspecified atom stereocenters. The third kappa shape index (κ3) is 6.02. The fourth-order valence-corrected chi connectivity index (χ4v) is 5.06. The van der Waals surface area contributed by atoms with E-state index in [9.17, 15) is 28.7 Å². The number of nitrogens with zero attached hydrogens (tertiary/aromatic N) is 4. The first-order valence-electron chi connectivity index (χ1n) is 12.6. The monoisotopic (exact) mass is 535 g/mol. The summed E-state index contributed by atoms with van der Waals surface area (Å²) in [4.78, 5) is 54.9. The zero-order valence-electron chi connectivity index (χ0n) is 21.5. The number of fused-ring (bicyclic) bond motifs is 1. The molecule has 4 rings (SSSR count). The van der Waals surface area contributed by atoms with Gasteiger partial charge in [-0.1, -0.05) is 48.4 Å². The molecule has 0 bridgehead atoms. The van der Waals surface area contributed by atoms with Gasteiger partial charge >= 0.3 is 12.0 Å². The summed E-state index contributed by atoms with van der Waals surface area (Å²) in [6.45, 7) is 1.66. The first-order chi connectivity index (χ1) is 18.7. The molecule has 2 heterocycles. The Balaban J connectivity index is 1.69. The summed E-state index contributed by atoms with van der Waals surface area (Å²) in [5.41, 5.74) is 1.52. The summed E-state index contributed by atoms with van der Waals surface area (Å²) < 4.78 is 13.6. The highest BCUT2D eigenvalue weighted by Crippen LogP contribution is 2.33. The molecule has 0 saturated carbocycles. The molecule has 2 N–H and O–H groups in total. The molecule has 0 aliphatic carbocycles. The van der Waals surface area contributed by atoms with Crippen molar-refractivity contribution >= 4 is 23.8 Å². The van der Waals surface area contributed by atoms with E-state index >= 15 is 0 Å². The molecule has 0 aromatic heterocycles. The molecule has 0 radical (unpaired) electrons. The minimum Gasteiger partial charge on any atom is -0.481 e. The molecule has 2 aliphatic rings. The molecule has 204 valence electrons. The lowest BCUT2D eigenvalue weighted by atomic mass is 9.98. The Morgan fingerprint density at radius 2 is 1.85 bits per heavy atom. The number of halogens is 1. The second-order valence-corrected chi connectivity index (χ2v) is 9.46. The highest BCUT2D eigenvalue weighted by Gasteiger charge is 2.52. The lowest BCUT2D eigenvalue weighted by molar-refractivity contribution is -0.191. The first kappa shape index (κ1) is 27.6. The van der Waals surface area contributed by atoms with Crippen molar-refractivity contribution in [3.8, 4) is 12.3 Å². The number of hydrogen-bond acceptors (Lipinski definition) is 5. The van der Waals surface area contributed by atoms with Gasteiger partial charge in [-0.2, -0.15) is 5.01 Å². The smallest absolute Gasteiger partial charge is 0.334 e. The summed E-state index contributed by atoms with van der Waals surface area (Å²) in [5, 5.41) is 15.0. The average molecular weight is 536 g/mol. The number of carboxylic acid groups (broad SMARTS) is 1. The normalized spacial score (nSPS) is 20.3. The molecular formula is C28H30FN5O5. The molecule has 2 aromatic carbocycles. The van der Waals surface area contributed by atoms with Crippen molar-refractivity contribution in [2.24, 2.45) is 0 Å². The van der Waals surface area contributed by atoms with E-state index in [0.717, 1.165) is 5.56 Å². The minimum atomic E-state index is -1.11. The molecule has 0 spiro atoms. The number of aliphatic carboxylic acids is 1. The van der Waals surface area contributed by atoms with Gasteiger partial charge in [0, 0.05) is 13.0 Å². The van der Waals surface area contributed by atoms with E-state index < -0.39 is 47.9 Å². The quantitative estimate of drug-likeness (QED) is 0.501. The molecule has 11 heteroatoms. The number of carbonyl (C=O) groups is 4. The highest BCUT2D eigenvalue weighted by atomic mass is 19.1. The van der Waals surface area contributed by atoms with Gasteiger partial charge in [-0.05, 0) is 36.6 Å². The second-order valence-electron chi connectivity index (χ2n) is 9.46. The average Bonchev–Trinajstić information content (AvgIpc) is 2.92. The van der Waals surface area contributed by atoms with Gasteiger partial charge in [-0.25, -0.2) is 14.2 Å². The first-order valence-corrected chi connectivity index (χ1v) is 12.6. The van der Waals surface area contributed by atoms with Crippen LogP contribution < -0.4 is 5.32 Å². The van der Waals surface area contributed by atoms with Gasteiger partial charge in [-0.3, -0.25) is 14.4 Å². The molecular weight excluding hydrogens is 505 g/mol. The Labute approximate surface area is 225 Å². The Morgan fingerprint density at radius 1 is 1.15 bits per heavy atom. The van der Waals surface area contributed by atoms with Crippen LogP contribution in [0, 0.1) is 18.2 Å². The van der Waals surface area contributed by atoms with Crippen LogP contribution in [0.5, 0.6) is 0 Å². The predicted molar refractivity (Wildman–Crippen MR) is 139 cm³/mol. The number of carbonyl (C=O) groups excluding carboxylic acids is 3. The van der Waals surface area contributed by atoms with Crippen LogP contribution in [0.25, 0.3) is 0 Å². The molecule has 3 atom stereocenters. The van der Waals surface area contributed by atoms with Gasteiger partial charge < -0.3 is 20.2 Å². The molecule has 10 nitrogen and oxygen atoms in total. The van der Waals surface area contributed by atoms with Crippen LogP contribution in [0.4, 0.5) is 9.18 Å². The highest BCUT2D eigenvalue weighted by molar-refractivity contribution is 5.92. The van der Waals surface area contributed by atoms with Gasteiger partial charge in [0.25, 0.3) is 0 Å². The van der Waals surface area contributed by atoms with Crippen molar-refractivity contribution in [3.63, 3.8) is 0 Å². The maximum absolute atomic E-state index is 13.7. The summed E-state index contributed by atoms with van der Waals surface area (Å²) >= 11 is 0. The summed E-state index contributed by atoms with van der Waals surface area (Å²) in [7, 11) is 0. The zero-order valence-corrected chi connectivity index (χ0v) is 21.5. The second kappa shape index (κ2) is 12.0. The summed E-state index contributed by atoms with van der Waals surface area (Å²) in [6.07, 6.45) is 4.15. The lowest BCUT2D eigenvalue weighted by Gasteiger charge is -2.55. The van der Waals surface area contributed by atoms with E-state index in [1.165, 1.54) is 32.0 Å². The van der Waals surface area contributed by atoms with Gasteiger partial charge in [0.2, 0.25) is 11.8 Å². The third-order valence-electron chi connectivity index (χ3n) is 7.00. The number of piperazine rings is 1. The van der Waals surface area contributed by atoms with E-state index in [0.29, 0.717) is 5.56 Å². The molecule has 2 aliphatic heterocycles. The maximum Gasteiger partial charge on any atom is 0.334 e. The fraction of sp³-hybridized carbons (Fsp3) is 0.357. The molecule has 4 amide bonds. The lowest BCUT2D eigenvalue weighted by Crippen LogP contribution is -2.76. The van der Waals surface area contributed by atoms with Crippen LogP contribution in [-0.2, 0) is 20.9 Å². The van der Waals surface area contributed by atoms with Crippen molar-refractivity contribution in [2.45, 2.75) is 44.6 Å². The Bertz CT molecular complexity index is 1270. The molecule has 2 fully saturated rings. The number of rotatable bonds is 8. The van der Waals surface area contributed by atoms with Crippen LogP contribution >= 0.6 is 0 Å². The number of hydrazine groups is 1. The Kier molecular flexibility index (Phi) is 8.46. The van der Waals surface area contributed by atoms with Crippen LogP contribution in [0.1, 0.15) is 36.9 Å². The largest absolute Gasteiger partial charge is 0.481 e. The SMILES string of the molecule is C#CCN1CC(=O)N2[C@@H](CCC(=O)O)C(=O)N(C(C)c3ccc(F)cc3)C[C@@H]2N1C(=O)NCc1ccccc1. The van der Waals surface area contributed by atoms with Gasteiger partial charge in [0.15, 0.2) is 0 Å². The van der Waals surface area contributed by atoms with Crippen molar-refractivity contribution in [1.82, 2.24) is 25.1 Å². The zero-order chi connectivity index (χ0) is 28.1.